The first kappa shape index (κ1) is 15.7. The summed E-state index contributed by atoms with van der Waals surface area (Å²) in [6.07, 6.45) is 0. The summed E-state index contributed by atoms with van der Waals surface area (Å²) in [7, 11) is -3.13. The Bertz CT molecular complexity index is 31.8. The average Bonchev–Trinajstić information content (AvgIpc) is 0.811. The molecule has 0 aliphatic heterocycles. The van der Waals surface area contributed by atoms with Crippen LogP contribution >= 0.6 is 0 Å². The first-order valence-electron chi connectivity index (χ1n) is 0.651. The number of hydrogen-bond acceptors (Lipinski definition) is 1. The van der Waals surface area contributed by atoms with Crippen molar-refractivity contribution in [1.82, 2.24) is 0 Å². The monoisotopic (exact) mass is 256 g/mol. The molecule has 0 heterocycles. The van der Waals surface area contributed by atoms with Gasteiger partial charge in [-0.1, -0.05) is 0 Å². The van der Waals surface area contributed by atoms with E-state index >= 15 is 0 Å². The van der Waals surface area contributed by atoms with Gasteiger partial charge in [0.05, 0.1) is 0 Å². The van der Waals surface area contributed by atoms with Gasteiger partial charge >= 0.3 is 9.17 Å². The number of rotatable bonds is 0. The number of hydrogen-bond donors (Lipinski definition) is 2. The van der Waals surface area contributed by atoms with Crippen molar-refractivity contribution in [1.29, 1.82) is 0 Å². The fraction of sp³-hybridized carbons (Fsp3) is 0. The molecular formula is H2O3SiY2. The van der Waals surface area contributed by atoms with Crippen LogP contribution < -0.4 is 0 Å². The van der Waals surface area contributed by atoms with Gasteiger partial charge in [-0.05, 0) is 0 Å². The van der Waals surface area contributed by atoms with Crippen molar-refractivity contribution in [3.8, 4) is 0 Å². The average molecular weight is 256 g/mol. The van der Waals surface area contributed by atoms with Crippen molar-refractivity contribution in [2.24, 2.45) is 0 Å². The van der Waals surface area contributed by atoms with Crippen molar-refractivity contribution in [3.05, 3.63) is 0 Å². The van der Waals surface area contributed by atoms with Crippen LogP contribution in [0.1, 0.15) is 0 Å². The van der Waals surface area contributed by atoms with E-state index in [-0.39, 0.29) is 65.4 Å². The molecule has 0 rings (SSSR count). The van der Waals surface area contributed by atoms with E-state index in [4.69, 9.17) is 14.1 Å². The second-order valence-corrected chi connectivity index (χ2v) is 0.848. The van der Waals surface area contributed by atoms with Crippen LogP contribution in [0.4, 0.5) is 0 Å². The fourth-order valence-corrected chi connectivity index (χ4v) is 0. The molecule has 2 radical (unpaired) electrons. The summed E-state index contributed by atoms with van der Waals surface area (Å²) in [5.41, 5.74) is 0. The zero-order valence-electron chi connectivity index (χ0n) is 2.96. The van der Waals surface area contributed by atoms with Gasteiger partial charge in [0.15, 0.2) is 0 Å². The molecule has 0 atom stereocenters. The third-order valence-electron chi connectivity index (χ3n) is 0. The van der Waals surface area contributed by atoms with Crippen LogP contribution in [0, 0.1) is 0 Å². The maximum absolute atomic E-state index is 8.74. The summed E-state index contributed by atoms with van der Waals surface area (Å²) in [6, 6.07) is 0. The fourth-order valence-electron chi connectivity index (χ4n) is 0. The van der Waals surface area contributed by atoms with Gasteiger partial charge in [-0.2, -0.15) is 0 Å². The Labute approximate surface area is 87.2 Å². The van der Waals surface area contributed by atoms with E-state index in [0.717, 1.165) is 0 Å². The summed E-state index contributed by atoms with van der Waals surface area (Å²) < 4.78 is 8.74. The molecular weight excluding hydrogens is 254 g/mol. The van der Waals surface area contributed by atoms with Gasteiger partial charge in [-0.3, -0.25) is 4.46 Å². The van der Waals surface area contributed by atoms with Crippen LogP contribution in [0.3, 0.4) is 0 Å². The summed E-state index contributed by atoms with van der Waals surface area (Å²) in [6.45, 7) is 0. The van der Waals surface area contributed by atoms with E-state index in [2.05, 4.69) is 0 Å². The largest absolute Gasteiger partial charge is 0.761 e. The Morgan fingerprint density at radius 2 is 1.17 bits per heavy atom. The Hall–Kier alpha value is 1.82. The standard InChI is InChI=1S/H2O3Si.2Y/c1-4(2)3;;/h1-2H;;. The minimum absolute atomic E-state index is 0. The molecule has 0 spiro atoms. The predicted molar refractivity (Wildman–Crippen MR) is 10.9 cm³/mol. The Morgan fingerprint density at radius 1 is 1.17 bits per heavy atom. The van der Waals surface area contributed by atoms with Gasteiger partial charge in [-0.25, -0.2) is 0 Å². The summed E-state index contributed by atoms with van der Waals surface area (Å²) in [4.78, 5) is 14.3. The Kier molecular flexibility index (Phi) is 26.0. The van der Waals surface area contributed by atoms with Crippen LogP contribution in [-0.2, 0) is 69.9 Å². The van der Waals surface area contributed by atoms with E-state index in [0.29, 0.717) is 0 Å². The first-order chi connectivity index (χ1) is 1.73. The molecule has 6 heavy (non-hydrogen) atoms. The Morgan fingerprint density at radius 3 is 1.17 bits per heavy atom. The van der Waals surface area contributed by atoms with Crippen molar-refractivity contribution in [3.63, 3.8) is 0 Å². The third-order valence-corrected chi connectivity index (χ3v) is 0. The molecule has 30 valence electrons. The maximum Gasteiger partial charge on any atom is 0.761 e. The maximum atomic E-state index is 8.74. The Balaban J connectivity index is -0.0000000450. The van der Waals surface area contributed by atoms with Gasteiger partial charge in [-0.15, -0.1) is 0 Å². The molecule has 6 heteroatoms. The molecule has 0 saturated carbocycles. The van der Waals surface area contributed by atoms with E-state index in [1.165, 1.54) is 0 Å². The SMILES string of the molecule is O=[Si](O)O.[Y].[Y]. The molecule has 0 saturated heterocycles. The molecule has 0 aromatic heterocycles. The van der Waals surface area contributed by atoms with E-state index < -0.39 is 9.17 Å². The van der Waals surface area contributed by atoms with Crippen molar-refractivity contribution >= 4 is 9.17 Å². The molecule has 2 N–H and O–H groups in total. The molecule has 0 aromatic carbocycles. The molecule has 0 bridgehead atoms. The molecule has 3 nitrogen and oxygen atoms in total. The van der Waals surface area contributed by atoms with Crippen LogP contribution in [0.15, 0.2) is 0 Å². The quantitative estimate of drug-likeness (QED) is 0.512. The first-order valence-corrected chi connectivity index (χ1v) is 1.95. The minimum Gasteiger partial charge on any atom is -0.511 e. The van der Waals surface area contributed by atoms with E-state index in [9.17, 15) is 0 Å². The van der Waals surface area contributed by atoms with Gasteiger partial charge in [0.2, 0.25) is 0 Å². The zero-order chi connectivity index (χ0) is 3.58. The normalized spacial score (nSPS) is 4.00. The molecule has 0 aromatic rings. The summed E-state index contributed by atoms with van der Waals surface area (Å²) in [5.74, 6) is 0. The van der Waals surface area contributed by atoms with Crippen molar-refractivity contribution in [2.45, 2.75) is 0 Å². The van der Waals surface area contributed by atoms with Crippen LogP contribution in [0.5, 0.6) is 0 Å². The minimum atomic E-state index is -3.13. The van der Waals surface area contributed by atoms with Crippen LogP contribution in [-0.4, -0.2) is 18.8 Å². The summed E-state index contributed by atoms with van der Waals surface area (Å²) >= 11 is 0. The topological polar surface area (TPSA) is 57.5 Å². The zero-order valence-corrected chi connectivity index (χ0v) is 9.63. The second kappa shape index (κ2) is 9.95. The van der Waals surface area contributed by atoms with E-state index in [1.54, 1.807) is 0 Å². The molecule has 0 unspecified atom stereocenters. The molecule has 0 fully saturated rings. The van der Waals surface area contributed by atoms with Gasteiger partial charge in [0.25, 0.3) is 0 Å². The van der Waals surface area contributed by atoms with Crippen LogP contribution in [0.2, 0.25) is 0 Å². The van der Waals surface area contributed by atoms with Crippen molar-refractivity contribution < 1.29 is 79.5 Å². The molecule has 0 amide bonds. The smallest absolute Gasteiger partial charge is 0.511 e. The van der Waals surface area contributed by atoms with Gasteiger partial charge in [0, 0.05) is 65.4 Å². The predicted octanol–water partition coefficient (Wildman–Crippen LogP) is -1.62. The van der Waals surface area contributed by atoms with Gasteiger partial charge in [0.1, 0.15) is 0 Å². The third kappa shape index (κ3) is 40.7. The van der Waals surface area contributed by atoms with E-state index in [1.807, 2.05) is 0 Å². The van der Waals surface area contributed by atoms with Crippen LogP contribution in [0.25, 0.3) is 0 Å². The van der Waals surface area contributed by atoms with Crippen molar-refractivity contribution in [2.75, 3.05) is 0 Å². The second-order valence-electron chi connectivity index (χ2n) is 0.283. The molecule has 0 aliphatic rings. The van der Waals surface area contributed by atoms with Gasteiger partial charge < -0.3 is 9.59 Å². The summed E-state index contributed by atoms with van der Waals surface area (Å²) in [5, 5.41) is 0. The molecule has 0 aliphatic carbocycles.